The van der Waals surface area contributed by atoms with Crippen LogP contribution in [-0.2, 0) is 11.3 Å². The first-order valence-corrected chi connectivity index (χ1v) is 5.73. The van der Waals surface area contributed by atoms with Gasteiger partial charge in [-0.3, -0.25) is 0 Å². The van der Waals surface area contributed by atoms with Crippen molar-refractivity contribution in [2.45, 2.75) is 12.6 Å². The summed E-state index contributed by atoms with van der Waals surface area (Å²) < 4.78 is 19.0. The Balaban J connectivity index is 2.53. The van der Waals surface area contributed by atoms with Crippen LogP contribution in [0.1, 0.15) is 5.56 Å². The van der Waals surface area contributed by atoms with Gasteiger partial charge < -0.3 is 15.2 Å². The van der Waals surface area contributed by atoms with Gasteiger partial charge in [-0.15, -0.1) is 0 Å². The molecule has 16 heavy (non-hydrogen) atoms. The lowest BCUT2D eigenvalue weighted by Gasteiger charge is -2.15. The Kier molecular flexibility index (Phi) is 5.90. The van der Waals surface area contributed by atoms with E-state index in [-0.39, 0.29) is 18.5 Å². The van der Waals surface area contributed by atoms with E-state index in [0.717, 1.165) is 0 Å². The quantitative estimate of drug-likeness (QED) is 0.838. The summed E-state index contributed by atoms with van der Waals surface area (Å²) in [4.78, 5) is 0. The van der Waals surface area contributed by atoms with Crippen molar-refractivity contribution in [1.82, 2.24) is 5.32 Å². The average molecular weight is 292 g/mol. The van der Waals surface area contributed by atoms with Gasteiger partial charge >= 0.3 is 0 Å². The van der Waals surface area contributed by atoms with Crippen molar-refractivity contribution in [3.8, 4) is 0 Å². The number of hydrogen-bond donors (Lipinski definition) is 2. The van der Waals surface area contributed by atoms with Crippen molar-refractivity contribution < 1.29 is 14.2 Å². The van der Waals surface area contributed by atoms with E-state index < -0.39 is 0 Å². The number of ether oxygens (including phenoxy) is 1. The van der Waals surface area contributed by atoms with E-state index in [1.807, 2.05) is 0 Å². The second-order valence-electron chi connectivity index (χ2n) is 3.45. The Morgan fingerprint density at radius 3 is 2.88 bits per heavy atom. The molecular weight excluding hydrogens is 277 g/mol. The van der Waals surface area contributed by atoms with E-state index in [1.165, 1.54) is 6.07 Å². The first-order valence-electron chi connectivity index (χ1n) is 4.94. The second kappa shape index (κ2) is 6.96. The minimum Gasteiger partial charge on any atom is -0.395 e. The molecule has 5 heteroatoms. The smallest absolute Gasteiger partial charge is 0.128 e. The SMILES string of the molecule is COCC(CO)NCc1ccc(Br)cc1F. The molecule has 2 N–H and O–H groups in total. The summed E-state index contributed by atoms with van der Waals surface area (Å²) in [5, 5.41) is 12.0. The normalized spacial score (nSPS) is 12.8. The molecule has 0 radical (unpaired) electrons. The zero-order valence-electron chi connectivity index (χ0n) is 9.04. The molecule has 0 aromatic heterocycles. The third kappa shape index (κ3) is 4.17. The highest BCUT2D eigenvalue weighted by atomic mass is 79.9. The number of nitrogens with one attached hydrogen (secondary N) is 1. The summed E-state index contributed by atoms with van der Waals surface area (Å²) in [6, 6.07) is 4.73. The molecule has 0 spiro atoms. The maximum Gasteiger partial charge on any atom is 0.128 e. The number of aliphatic hydroxyl groups excluding tert-OH is 1. The third-order valence-corrected chi connectivity index (χ3v) is 2.68. The van der Waals surface area contributed by atoms with Crippen LogP contribution in [0.3, 0.4) is 0 Å². The van der Waals surface area contributed by atoms with Gasteiger partial charge in [-0.2, -0.15) is 0 Å². The molecule has 1 rings (SSSR count). The molecule has 0 heterocycles. The molecule has 0 aliphatic heterocycles. The largest absolute Gasteiger partial charge is 0.395 e. The van der Waals surface area contributed by atoms with E-state index in [2.05, 4.69) is 21.2 Å². The fourth-order valence-corrected chi connectivity index (χ4v) is 1.63. The maximum absolute atomic E-state index is 13.4. The lowest BCUT2D eigenvalue weighted by Crippen LogP contribution is -2.36. The molecule has 0 amide bonds. The van der Waals surface area contributed by atoms with E-state index >= 15 is 0 Å². The van der Waals surface area contributed by atoms with Gasteiger partial charge in [-0.1, -0.05) is 22.0 Å². The van der Waals surface area contributed by atoms with Gasteiger partial charge in [0.1, 0.15) is 5.82 Å². The van der Waals surface area contributed by atoms with E-state index in [0.29, 0.717) is 23.2 Å². The second-order valence-corrected chi connectivity index (χ2v) is 4.37. The van der Waals surface area contributed by atoms with Crippen molar-refractivity contribution in [2.24, 2.45) is 0 Å². The molecule has 0 fully saturated rings. The van der Waals surface area contributed by atoms with Crippen LogP contribution in [0.4, 0.5) is 4.39 Å². The molecule has 3 nitrogen and oxygen atoms in total. The van der Waals surface area contributed by atoms with Gasteiger partial charge in [0.05, 0.1) is 19.3 Å². The first-order chi connectivity index (χ1) is 7.67. The molecule has 1 atom stereocenters. The predicted molar refractivity (Wildman–Crippen MR) is 63.7 cm³/mol. The van der Waals surface area contributed by atoms with Crippen LogP contribution in [0.25, 0.3) is 0 Å². The van der Waals surface area contributed by atoms with Gasteiger partial charge in [-0.05, 0) is 12.1 Å². The number of hydrogen-bond acceptors (Lipinski definition) is 3. The summed E-state index contributed by atoms with van der Waals surface area (Å²) in [5.41, 5.74) is 0.567. The van der Waals surface area contributed by atoms with Gasteiger partial charge in [-0.25, -0.2) is 4.39 Å². The van der Waals surface area contributed by atoms with Crippen molar-refractivity contribution in [3.63, 3.8) is 0 Å². The lowest BCUT2D eigenvalue weighted by molar-refractivity contribution is 0.128. The Morgan fingerprint density at radius 1 is 1.56 bits per heavy atom. The number of methoxy groups -OCH3 is 1. The molecule has 0 saturated heterocycles. The molecule has 1 aromatic rings. The van der Waals surface area contributed by atoms with Gasteiger partial charge in [0.2, 0.25) is 0 Å². The Bertz CT molecular complexity index is 336. The number of benzene rings is 1. The molecule has 0 bridgehead atoms. The van der Waals surface area contributed by atoms with Gasteiger partial charge in [0, 0.05) is 23.7 Å². The Labute approximate surface area is 103 Å². The maximum atomic E-state index is 13.4. The summed E-state index contributed by atoms with van der Waals surface area (Å²) in [6.45, 7) is 0.730. The first kappa shape index (κ1) is 13.6. The molecule has 0 saturated carbocycles. The average Bonchev–Trinajstić information content (AvgIpc) is 2.26. The molecular formula is C11H15BrFNO2. The van der Waals surface area contributed by atoms with Crippen molar-refractivity contribution in [2.75, 3.05) is 20.3 Å². The van der Waals surface area contributed by atoms with Crippen LogP contribution < -0.4 is 5.32 Å². The lowest BCUT2D eigenvalue weighted by atomic mass is 10.2. The monoisotopic (exact) mass is 291 g/mol. The van der Waals surface area contributed by atoms with Gasteiger partial charge in [0.25, 0.3) is 0 Å². The zero-order valence-corrected chi connectivity index (χ0v) is 10.6. The van der Waals surface area contributed by atoms with Crippen LogP contribution in [-0.4, -0.2) is 31.5 Å². The van der Waals surface area contributed by atoms with Crippen LogP contribution in [0.2, 0.25) is 0 Å². The Hall–Kier alpha value is -0.490. The van der Waals surface area contributed by atoms with Crippen LogP contribution in [0.15, 0.2) is 22.7 Å². The molecule has 90 valence electrons. The molecule has 0 aliphatic rings. The third-order valence-electron chi connectivity index (χ3n) is 2.18. The zero-order chi connectivity index (χ0) is 12.0. The predicted octanol–water partition coefficient (Wildman–Crippen LogP) is 1.69. The number of rotatable bonds is 6. The number of halogens is 2. The van der Waals surface area contributed by atoms with Crippen LogP contribution in [0.5, 0.6) is 0 Å². The van der Waals surface area contributed by atoms with E-state index in [9.17, 15) is 4.39 Å². The van der Waals surface area contributed by atoms with E-state index in [4.69, 9.17) is 9.84 Å². The molecule has 0 aliphatic carbocycles. The minimum atomic E-state index is -0.268. The minimum absolute atomic E-state index is 0.0357. The summed E-state index contributed by atoms with van der Waals surface area (Å²) in [6.07, 6.45) is 0. The summed E-state index contributed by atoms with van der Waals surface area (Å²) in [5.74, 6) is -0.268. The van der Waals surface area contributed by atoms with Crippen molar-refractivity contribution >= 4 is 15.9 Å². The van der Waals surface area contributed by atoms with Crippen molar-refractivity contribution in [3.05, 3.63) is 34.1 Å². The van der Waals surface area contributed by atoms with Crippen LogP contribution >= 0.6 is 15.9 Å². The Morgan fingerprint density at radius 2 is 2.31 bits per heavy atom. The highest BCUT2D eigenvalue weighted by Gasteiger charge is 2.08. The summed E-state index contributed by atoms with van der Waals surface area (Å²) in [7, 11) is 1.56. The fraction of sp³-hybridized carbons (Fsp3) is 0.455. The molecule has 1 unspecified atom stereocenters. The van der Waals surface area contributed by atoms with Crippen LogP contribution in [0, 0.1) is 5.82 Å². The fourth-order valence-electron chi connectivity index (χ4n) is 1.30. The molecule has 1 aromatic carbocycles. The highest BCUT2D eigenvalue weighted by Crippen LogP contribution is 2.15. The number of aliphatic hydroxyl groups is 1. The van der Waals surface area contributed by atoms with Gasteiger partial charge in [0.15, 0.2) is 0 Å². The topological polar surface area (TPSA) is 41.5 Å². The van der Waals surface area contributed by atoms with E-state index in [1.54, 1.807) is 19.2 Å². The summed E-state index contributed by atoms with van der Waals surface area (Å²) >= 11 is 3.19. The highest BCUT2D eigenvalue weighted by molar-refractivity contribution is 9.10. The standard InChI is InChI=1S/C11H15BrFNO2/c1-16-7-10(6-15)14-5-8-2-3-9(12)4-11(8)13/h2-4,10,14-15H,5-7H2,1H3. The van der Waals surface area contributed by atoms with Crippen molar-refractivity contribution in [1.29, 1.82) is 0 Å².